The molecule has 26 heavy (non-hydrogen) atoms. The number of carbonyl (C=O) groups is 2. The molecule has 1 aromatic carbocycles. The van der Waals surface area contributed by atoms with E-state index < -0.39 is 0 Å². The number of rotatable bonds is 8. The number of fused-ring (bicyclic) bond motifs is 1. The van der Waals surface area contributed by atoms with Gasteiger partial charge in [-0.3, -0.25) is 9.59 Å². The Balaban J connectivity index is 0.000000294. The van der Waals surface area contributed by atoms with Gasteiger partial charge in [0.05, 0.1) is 25.3 Å². The molecule has 1 aromatic rings. The van der Waals surface area contributed by atoms with Gasteiger partial charge in [0.25, 0.3) is 0 Å². The SMILES string of the molecule is CCCCCCCC(C)S.COc1ccc(OC)c2c1C(=O)C=CC2=O. The Morgan fingerprint density at radius 3 is 1.73 bits per heavy atom. The van der Waals surface area contributed by atoms with E-state index in [4.69, 9.17) is 9.47 Å². The van der Waals surface area contributed by atoms with E-state index in [0.717, 1.165) is 0 Å². The van der Waals surface area contributed by atoms with E-state index in [1.54, 1.807) is 12.1 Å². The maximum absolute atomic E-state index is 11.7. The molecule has 0 heterocycles. The first-order valence-corrected chi connectivity index (χ1v) is 9.67. The van der Waals surface area contributed by atoms with Crippen LogP contribution in [0.3, 0.4) is 0 Å². The lowest BCUT2D eigenvalue weighted by atomic mass is 9.93. The van der Waals surface area contributed by atoms with Crippen molar-refractivity contribution in [3.05, 3.63) is 35.4 Å². The predicted molar refractivity (Wildman–Crippen MR) is 109 cm³/mol. The lowest BCUT2D eigenvalue weighted by Crippen LogP contribution is -2.14. The summed E-state index contributed by atoms with van der Waals surface area (Å²) in [6.07, 6.45) is 10.7. The first-order chi connectivity index (χ1) is 12.5. The van der Waals surface area contributed by atoms with Crippen LogP contribution in [-0.4, -0.2) is 31.0 Å². The van der Waals surface area contributed by atoms with Crippen molar-refractivity contribution in [2.75, 3.05) is 14.2 Å². The Morgan fingerprint density at radius 2 is 1.35 bits per heavy atom. The molecule has 1 atom stereocenters. The smallest absolute Gasteiger partial charge is 0.190 e. The molecule has 0 N–H and O–H groups in total. The van der Waals surface area contributed by atoms with Crippen molar-refractivity contribution in [1.29, 1.82) is 0 Å². The third-order valence-electron chi connectivity index (χ3n) is 4.17. The summed E-state index contributed by atoms with van der Waals surface area (Å²) in [7, 11) is 2.91. The van der Waals surface area contributed by atoms with Crippen molar-refractivity contribution >= 4 is 24.2 Å². The summed E-state index contributed by atoms with van der Waals surface area (Å²) in [5.74, 6) is 0.285. The van der Waals surface area contributed by atoms with E-state index in [9.17, 15) is 9.59 Å². The van der Waals surface area contributed by atoms with Gasteiger partial charge in [-0.05, 0) is 36.0 Å². The standard InChI is InChI=1S/C12H10O4.C9H20S/c1-15-9-5-6-10(16-2)12-8(14)4-3-7(13)11(9)12;1-3-4-5-6-7-8-9(2)10/h3-6H,1-2H3;9-10H,3-8H2,1-2H3. The molecule has 1 unspecified atom stereocenters. The normalized spacial score (nSPS) is 13.6. The number of hydrogen-bond donors (Lipinski definition) is 1. The van der Waals surface area contributed by atoms with Crippen molar-refractivity contribution < 1.29 is 19.1 Å². The summed E-state index contributed by atoms with van der Waals surface area (Å²) < 4.78 is 10.1. The summed E-state index contributed by atoms with van der Waals surface area (Å²) in [6, 6.07) is 3.23. The first kappa shape index (κ1) is 22.3. The molecule has 0 saturated heterocycles. The Kier molecular flexibility index (Phi) is 10.1. The van der Waals surface area contributed by atoms with Gasteiger partial charge in [0.2, 0.25) is 0 Å². The van der Waals surface area contributed by atoms with Gasteiger partial charge in [-0.25, -0.2) is 0 Å². The highest BCUT2D eigenvalue weighted by Gasteiger charge is 2.26. The van der Waals surface area contributed by atoms with Gasteiger partial charge >= 0.3 is 0 Å². The minimum atomic E-state index is -0.245. The second-order valence-electron chi connectivity index (χ2n) is 6.33. The number of thiol groups is 1. The molecule has 0 bridgehead atoms. The summed E-state index contributed by atoms with van der Waals surface area (Å²) in [4.78, 5) is 23.4. The number of carbonyl (C=O) groups excluding carboxylic acids is 2. The van der Waals surface area contributed by atoms with Gasteiger partial charge in [-0.2, -0.15) is 12.6 Å². The summed E-state index contributed by atoms with van der Waals surface area (Å²) in [6.45, 7) is 4.42. The molecule has 2 rings (SSSR count). The lowest BCUT2D eigenvalue weighted by molar-refractivity contribution is 0.0989. The number of ketones is 2. The van der Waals surface area contributed by atoms with Crippen LogP contribution in [0.1, 0.15) is 73.1 Å². The molecule has 5 heteroatoms. The average Bonchev–Trinajstić information content (AvgIpc) is 2.64. The molecule has 1 aliphatic carbocycles. The van der Waals surface area contributed by atoms with Crippen molar-refractivity contribution in [2.24, 2.45) is 0 Å². The van der Waals surface area contributed by atoms with Crippen LogP contribution < -0.4 is 9.47 Å². The van der Waals surface area contributed by atoms with Gasteiger partial charge in [-0.1, -0.05) is 46.0 Å². The molecular weight excluding hydrogens is 348 g/mol. The number of hydrogen-bond acceptors (Lipinski definition) is 5. The van der Waals surface area contributed by atoms with Crippen LogP contribution in [0.2, 0.25) is 0 Å². The lowest BCUT2D eigenvalue weighted by Gasteiger charge is -2.15. The van der Waals surface area contributed by atoms with Crippen LogP contribution in [0.25, 0.3) is 0 Å². The van der Waals surface area contributed by atoms with Gasteiger partial charge in [0.1, 0.15) is 11.5 Å². The summed E-state index contributed by atoms with van der Waals surface area (Å²) in [5.41, 5.74) is 0.545. The minimum Gasteiger partial charge on any atom is -0.496 e. The van der Waals surface area contributed by atoms with Gasteiger partial charge in [0.15, 0.2) is 11.6 Å². The number of unbranched alkanes of at least 4 members (excludes halogenated alkanes) is 4. The van der Waals surface area contributed by atoms with E-state index in [2.05, 4.69) is 26.5 Å². The van der Waals surface area contributed by atoms with Crippen LogP contribution in [0.15, 0.2) is 24.3 Å². The largest absolute Gasteiger partial charge is 0.496 e. The van der Waals surface area contributed by atoms with Crippen LogP contribution in [-0.2, 0) is 0 Å². The summed E-state index contributed by atoms with van der Waals surface area (Å²) >= 11 is 4.32. The second kappa shape index (κ2) is 11.8. The van der Waals surface area contributed by atoms with Crippen LogP contribution in [0.4, 0.5) is 0 Å². The Morgan fingerprint density at radius 1 is 0.885 bits per heavy atom. The number of methoxy groups -OCH3 is 2. The molecule has 144 valence electrons. The fourth-order valence-electron chi connectivity index (χ4n) is 2.76. The van der Waals surface area contributed by atoms with Crippen molar-refractivity contribution in [3.8, 4) is 11.5 Å². The van der Waals surface area contributed by atoms with E-state index >= 15 is 0 Å². The highest BCUT2D eigenvalue weighted by atomic mass is 32.1. The van der Waals surface area contributed by atoms with E-state index in [-0.39, 0.29) is 22.7 Å². The fourth-order valence-corrected chi connectivity index (χ4v) is 2.94. The number of benzene rings is 1. The Labute approximate surface area is 162 Å². The minimum absolute atomic E-state index is 0.245. The molecule has 0 fully saturated rings. The van der Waals surface area contributed by atoms with E-state index in [1.165, 1.54) is 64.9 Å². The zero-order valence-corrected chi connectivity index (χ0v) is 17.1. The van der Waals surface area contributed by atoms with Crippen LogP contribution in [0, 0.1) is 0 Å². The van der Waals surface area contributed by atoms with Crippen molar-refractivity contribution in [2.45, 2.75) is 57.6 Å². The van der Waals surface area contributed by atoms with Crippen molar-refractivity contribution in [1.82, 2.24) is 0 Å². The molecule has 0 radical (unpaired) electrons. The molecule has 4 nitrogen and oxygen atoms in total. The highest BCUT2D eigenvalue weighted by Crippen LogP contribution is 2.33. The van der Waals surface area contributed by atoms with E-state index in [0.29, 0.717) is 16.7 Å². The fraction of sp³-hybridized carbons (Fsp3) is 0.524. The quantitative estimate of drug-likeness (QED) is 0.492. The molecular formula is C21H30O4S. The number of allylic oxidation sites excluding steroid dienone is 2. The molecule has 0 aliphatic heterocycles. The van der Waals surface area contributed by atoms with Gasteiger partial charge in [-0.15, -0.1) is 0 Å². The van der Waals surface area contributed by atoms with Gasteiger partial charge in [0, 0.05) is 0 Å². The van der Waals surface area contributed by atoms with E-state index in [1.807, 2.05) is 0 Å². The molecule has 0 amide bonds. The maximum Gasteiger partial charge on any atom is 0.190 e. The zero-order chi connectivity index (χ0) is 19.5. The third kappa shape index (κ3) is 6.52. The second-order valence-corrected chi connectivity index (χ2v) is 7.22. The van der Waals surface area contributed by atoms with Gasteiger partial charge < -0.3 is 9.47 Å². The van der Waals surface area contributed by atoms with Crippen LogP contribution >= 0.6 is 12.6 Å². The molecule has 1 aliphatic rings. The summed E-state index contributed by atoms with van der Waals surface area (Å²) in [5, 5.41) is 0.599. The Bertz CT molecular complexity index is 590. The highest BCUT2D eigenvalue weighted by molar-refractivity contribution is 7.80. The van der Waals surface area contributed by atoms with Crippen LogP contribution in [0.5, 0.6) is 11.5 Å². The zero-order valence-electron chi connectivity index (χ0n) is 16.2. The first-order valence-electron chi connectivity index (χ1n) is 9.16. The third-order valence-corrected chi connectivity index (χ3v) is 4.43. The molecule has 0 aromatic heterocycles. The predicted octanol–water partition coefficient (Wildman–Crippen LogP) is 5.30. The average molecular weight is 379 g/mol. The topological polar surface area (TPSA) is 52.6 Å². The monoisotopic (exact) mass is 378 g/mol. The number of ether oxygens (including phenoxy) is 2. The maximum atomic E-state index is 11.7. The molecule has 0 spiro atoms. The Hall–Kier alpha value is -1.75. The molecule has 0 saturated carbocycles. The van der Waals surface area contributed by atoms with Crippen molar-refractivity contribution in [3.63, 3.8) is 0 Å².